The number of para-hydroxylation sites is 6. The standard InChI is InChI=1S/C80H50N6/c1-4-20-51(21-5-1)59-26-10-11-27-60(59)56-36-41-69-70(50-56)82-80(86-74-35-19-15-31-64(74)68-49-55(40-45-78(68)86)53-38-43-76-66(47-53)62-29-13-17-33-72(62)84(76)58-24-8-3-9-25-58)79(81-69)85-73-34-18-14-30-63(73)67-48-54(39-44-77(67)85)52-37-42-75-65(46-52)61-28-12-16-32-71(61)83(75)57-22-6-2-7-23-57/h1-50H. The summed E-state index contributed by atoms with van der Waals surface area (Å²) >= 11 is 0. The van der Waals surface area contributed by atoms with Crippen molar-refractivity contribution in [2.75, 3.05) is 0 Å². The zero-order chi connectivity index (χ0) is 56.4. The van der Waals surface area contributed by atoms with Gasteiger partial charge in [-0.15, -0.1) is 0 Å². The Morgan fingerprint density at radius 2 is 0.488 bits per heavy atom. The predicted octanol–water partition coefficient (Wildman–Crippen LogP) is 20.7. The quantitative estimate of drug-likeness (QED) is 0.152. The highest BCUT2D eigenvalue weighted by Crippen LogP contribution is 2.43. The normalized spacial score (nSPS) is 12.0. The summed E-state index contributed by atoms with van der Waals surface area (Å²) in [7, 11) is 0. The van der Waals surface area contributed by atoms with Gasteiger partial charge in [0.2, 0.25) is 0 Å². The molecule has 0 fully saturated rings. The van der Waals surface area contributed by atoms with E-state index in [2.05, 4.69) is 322 Å². The van der Waals surface area contributed by atoms with E-state index >= 15 is 0 Å². The Morgan fingerprint density at radius 3 is 0.907 bits per heavy atom. The van der Waals surface area contributed by atoms with Gasteiger partial charge in [0.25, 0.3) is 0 Å². The fourth-order valence-electron chi connectivity index (χ4n) is 13.9. The topological polar surface area (TPSA) is 45.5 Å². The molecule has 0 atom stereocenters. The highest BCUT2D eigenvalue weighted by molar-refractivity contribution is 6.15. The van der Waals surface area contributed by atoms with Gasteiger partial charge in [-0.05, 0) is 154 Å². The van der Waals surface area contributed by atoms with E-state index in [4.69, 9.17) is 9.97 Å². The Bertz CT molecular complexity index is 5770. The summed E-state index contributed by atoms with van der Waals surface area (Å²) in [6.45, 7) is 0. The second kappa shape index (κ2) is 19.0. The fraction of sp³-hybridized carbons (Fsp3) is 0. The first-order valence-corrected chi connectivity index (χ1v) is 29.4. The van der Waals surface area contributed by atoms with Gasteiger partial charge in [-0.1, -0.05) is 194 Å². The van der Waals surface area contributed by atoms with Crippen LogP contribution < -0.4 is 0 Å². The van der Waals surface area contributed by atoms with Gasteiger partial charge in [0.05, 0.1) is 55.2 Å². The molecule has 400 valence electrons. The molecular weight excluding hydrogens is 1040 g/mol. The van der Waals surface area contributed by atoms with Crippen LogP contribution >= 0.6 is 0 Å². The lowest BCUT2D eigenvalue weighted by atomic mass is 9.94. The molecule has 0 unspecified atom stereocenters. The third kappa shape index (κ3) is 7.33. The molecule has 0 amide bonds. The van der Waals surface area contributed by atoms with Crippen molar-refractivity contribution in [3.8, 4) is 67.5 Å². The molecule has 0 N–H and O–H groups in total. The molecular formula is C80H50N6. The van der Waals surface area contributed by atoms with Crippen molar-refractivity contribution in [2.24, 2.45) is 0 Å². The van der Waals surface area contributed by atoms with Crippen LogP contribution in [0.2, 0.25) is 0 Å². The van der Waals surface area contributed by atoms with Gasteiger partial charge < -0.3 is 9.13 Å². The van der Waals surface area contributed by atoms with Gasteiger partial charge in [0.1, 0.15) is 0 Å². The van der Waals surface area contributed by atoms with Crippen LogP contribution in [0.1, 0.15) is 0 Å². The molecule has 5 heterocycles. The molecule has 0 saturated heterocycles. The van der Waals surface area contributed by atoms with Gasteiger partial charge in [-0.2, -0.15) is 0 Å². The first kappa shape index (κ1) is 48.0. The molecule has 0 bridgehead atoms. The van der Waals surface area contributed by atoms with Crippen molar-refractivity contribution in [1.82, 2.24) is 28.2 Å². The maximum Gasteiger partial charge on any atom is 0.182 e. The van der Waals surface area contributed by atoms with Crippen LogP contribution in [0.25, 0.3) is 166 Å². The SMILES string of the molecule is c1ccc(-c2ccccc2-c2ccc3nc(-n4c5ccccc5c5cc(-c6ccc7c(c6)c6ccccc6n7-c6ccccc6)ccc54)c(-n4c5ccccc5c5cc(-c6ccc7c(c6)c6ccccc6n7-c6ccccc6)ccc54)nc3c2)cc1. The molecule has 0 radical (unpaired) electrons. The third-order valence-corrected chi connectivity index (χ3v) is 17.8. The van der Waals surface area contributed by atoms with E-state index in [1.165, 1.54) is 54.7 Å². The minimum absolute atomic E-state index is 0.743. The maximum atomic E-state index is 5.87. The Kier molecular flexibility index (Phi) is 10.6. The van der Waals surface area contributed by atoms with Crippen molar-refractivity contribution < 1.29 is 0 Å². The Labute approximate surface area is 494 Å². The van der Waals surface area contributed by atoms with Crippen LogP contribution in [0, 0.1) is 0 Å². The summed E-state index contributed by atoms with van der Waals surface area (Å²) < 4.78 is 9.46. The van der Waals surface area contributed by atoms with Crippen molar-refractivity contribution in [1.29, 1.82) is 0 Å². The van der Waals surface area contributed by atoms with Gasteiger partial charge in [-0.25, -0.2) is 9.97 Å². The fourth-order valence-corrected chi connectivity index (χ4v) is 13.9. The predicted molar refractivity (Wildman–Crippen MR) is 359 cm³/mol. The van der Waals surface area contributed by atoms with Crippen LogP contribution in [0.3, 0.4) is 0 Å². The van der Waals surface area contributed by atoms with E-state index in [9.17, 15) is 0 Å². The molecule has 6 nitrogen and oxygen atoms in total. The number of aromatic nitrogens is 6. The Hall–Kier alpha value is -11.6. The smallest absolute Gasteiger partial charge is 0.182 e. The van der Waals surface area contributed by atoms with E-state index in [0.29, 0.717) is 0 Å². The molecule has 0 aliphatic heterocycles. The summed E-state index contributed by atoms with van der Waals surface area (Å²) in [5, 5.41) is 9.46. The van der Waals surface area contributed by atoms with Crippen molar-refractivity contribution in [3.63, 3.8) is 0 Å². The summed E-state index contributed by atoms with van der Waals surface area (Å²) in [6.07, 6.45) is 0. The molecule has 18 aromatic rings. The third-order valence-electron chi connectivity index (χ3n) is 17.8. The maximum absolute atomic E-state index is 5.87. The largest absolute Gasteiger partial charge is 0.309 e. The minimum atomic E-state index is 0.743. The second-order valence-corrected chi connectivity index (χ2v) is 22.5. The molecule has 0 saturated carbocycles. The number of fused-ring (bicyclic) bond motifs is 13. The van der Waals surface area contributed by atoms with Crippen LogP contribution in [0.15, 0.2) is 303 Å². The van der Waals surface area contributed by atoms with Gasteiger partial charge in [0.15, 0.2) is 11.6 Å². The summed E-state index contributed by atoms with van der Waals surface area (Å²) in [5.41, 5.74) is 22.0. The first-order chi connectivity index (χ1) is 42.7. The van der Waals surface area contributed by atoms with E-state index < -0.39 is 0 Å². The second-order valence-electron chi connectivity index (χ2n) is 22.5. The number of nitrogens with zero attached hydrogens (tertiary/aromatic N) is 6. The van der Waals surface area contributed by atoms with Gasteiger partial charge in [0, 0.05) is 54.5 Å². The summed E-state index contributed by atoms with van der Waals surface area (Å²) in [5.74, 6) is 1.49. The highest BCUT2D eigenvalue weighted by atomic mass is 15.2. The average Bonchev–Trinajstić information content (AvgIpc) is 1.73. The van der Waals surface area contributed by atoms with Crippen molar-refractivity contribution >= 4 is 98.3 Å². The van der Waals surface area contributed by atoms with Crippen molar-refractivity contribution in [2.45, 2.75) is 0 Å². The molecule has 86 heavy (non-hydrogen) atoms. The molecule has 0 spiro atoms. The molecule has 0 aliphatic rings. The lowest BCUT2D eigenvalue weighted by Gasteiger charge is -2.17. The average molecular weight is 1100 g/mol. The number of benzene rings is 13. The molecule has 6 heteroatoms. The van der Waals surface area contributed by atoms with Gasteiger partial charge in [-0.3, -0.25) is 9.13 Å². The Balaban J connectivity index is 0.849. The zero-order valence-electron chi connectivity index (χ0n) is 46.6. The summed E-state index contributed by atoms with van der Waals surface area (Å²) in [4.78, 5) is 11.7. The summed E-state index contributed by atoms with van der Waals surface area (Å²) in [6, 6.07) is 110. The van der Waals surface area contributed by atoms with Crippen molar-refractivity contribution in [3.05, 3.63) is 303 Å². The number of hydrogen-bond donors (Lipinski definition) is 0. The van der Waals surface area contributed by atoms with Crippen LogP contribution in [-0.4, -0.2) is 28.2 Å². The monoisotopic (exact) mass is 1090 g/mol. The Morgan fingerprint density at radius 1 is 0.186 bits per heavy atom. The van der Waals surface area contributed by atoms with E-state index in [-0.39, 0.29) is 0 Å². The lowest BCUT2D eigenvalue weighted by Crippen LogP contribution is -2.09. The van der Waals surface area contributed by atoms with Gasteiger partial charge >= 0.3 is 0 Å². The minimum Gasteiger partial charge on any atom is -0.309 e. The number of rotatable bonds is 8. The molecule has 5 aromatic heterocycles. The molecule has 18 rings (SSSR count). The van der Waals surface area contributed by atoms with E-state index in [1.54, 1.807) is 0 Å². The van der Waals surface area contributed by atoms with Crippen LogP contribution in [-0.2, 0) is 0 Å². The molecule has 13 aromatic carbocycles. The highest BCUT2D eigenvalue weighted by Gasteiger charge is 2.25. The van der Waals surface area contributed by atoms with Crippen LogP contribution in [0.5, 0.6) is 0 Å². The lowest BCUT2D eigenvalue weighted by molar-refractivity contribution is 0.996. The van der Waals surface area contributed by atoms with Crippen LogP contribution in [0.4, 0.5) is 0 Å². The van der Waals surface area contributed by atoms with E-state index in [1.807, 2.05) is 0 Å². The number of hydrogen-bond acceptors (Lipinski definition) is 2. The zero-order valence-corrected chi connectivity index (χ0v) is 46.6. The van der Waals surface area contributed by atoms with E-state index in [0.717, 1.165) is 111 Å². The molecule has 0 aliphatic carbocycles. The first-order valence-electron chi connectivity index (χ1n) is 29.4.